The van der Waals surface area contributed by atoms with E-state index in [-0.39, 0.29) is 12.1 Å². The minimum Gasteiger partial charge on any atom is -0.361 e. The van der Waals surface area contributed by atoms with Gasteiger partial charge in [0.2, 0.25) is 0 Å². The standard InChI is InChI=1S/C21H18N2O/c24-21-18-9-3-4-11-19(18)22-20(23(21)15-12-13-15)17-10-5-7-14-6-1-2-8-16(14)17/h1-11,15,20,22H,12-13H2/t20-/m1/s1. The first-order valence-electron chi connectivity index (χ1n) is 8.49. The molecule has 24 heavy (non-hydrogen) atoms. The predicted molar refractivity (Wildman–Crippen MR) is 95.9 cm³/mol. The smallest absolute Gasteiger partial charge is 0.258 e. The lowest BCUT2D eigenvalue weighted by atomic mass is 9.98. The van der Waals surface area contributed by atoms with Crippen molar-refractivity contribution in [3.05, 3.63) is 77.9 Å². The summed E-state index contributed by atoms with van der Waals surface area (Å²) in [6.07, 6.45) is 2.08. The average molecular weight is 314 g/mol. The highest BCUT2D eigenvalue weighted by atomic mass is 16.2. The van der Waals surface area contributed by atoms with Crippen molar-refractivity contribution in [1.82, 2.24) is 4.90 Å². The van der Waals surface area contributed by atoms with Crippen LogP contribution in [0, 0.1) is 0 Å². The number of nitrogens with one attached hydrogen (secondary N) is 1. The van der Waals surface area contributed by atoms with Crippen LogP contribution in [0.1, 0.15) is 34.9 Å². The molecule has 0 saturated heterocycles. The van der Waals surface area contributed by atoms with Crippen molar-refractivity contribution in [2.75, 3.05) is 5.32 Å². The summed E-state index contributed by atoms with van der Waals surface area (Å²) < 4.78 is 0. The Labute approximate surface area is 140 Å². The van der Waals surface area contributed by atoms with Crippen LogP contribution >= 0.6 is 0 Å². The molecule has 1 amide bonds. The van der Waals surface area contributed by atoms with Crippen LogP contribution < -0.4 is 5.32 Å². The van der Waals surface area contributed by atoms with Gasteiger partial charge in [0.15, 0.2) is 0 Å². The van der Waals surface area contributed by atoms with E-state index in [0.29, 0.717) is 6.04 Å². The van der Waals surface area contributed by atoms with Crippen LogP contribution in [0.25, 0.3) is 10.8 Å². The molecule has 0 aromatic heterocycles. The lowest BCUT2D eigenvalue weighted by Gasteiger charge is -2.39. The predicted octanol–water partition coefficient (Wildman–Crippen LogP) is 4.57. The zero-order chi connectivity index (χ0) is 16.1. The van der Waals surface area contributed by atoms with Gasteiger partial charge in [-0.2, -0.15) is 0 Å². The number of para-hydroxylation sites is 1. The maximum atomic E-state index is 13.1. The third-order valence-corrected chi connectivity index (χ3v) is 5.02. The summed E-state index contributed by atoms with van der Waals surface area (Å²) in [4.78, 5) is 15.1. The molecule has 1 aliphatic carbocycles. The normalized spacial score (nSPS) is 19.9. The van der Waals surface area contributed by atoms with Crippen molar-refractivity contribution >= 4 is 22.4 Å². The number of nitrogens with zero attached hydrogens (tertiary/aromatic N) is 1. The molecule has 2 aliphatic rings. The maximum Gasteiger partial charge on any atom is 0.258 e. The second kappa shape index (κ2) is 5.10. The van der Waals surface area contributed by atoms with Crippen LogP contribution in [0.4, 0.5) is 5.69 Å². The summed E-state index contributed by atoms with van der Waals surface area (Å²) in [6, 6.07) is 22.9. The molecule has 1 atom stereocenters. The minimum absolute atomic E-state index is 0.106. The summed E-state index contributed by atoms with van der Waals surface area (Å²) in [6.45, 7) is 0. The summed E-state index contributed by atoms with van der Waals surface area (Å²) in [5, 5.41) is 6.02. The van der Waals surface area contributed by atoms with E-state index in [4.69, 9.17) is 0 Å². The molecule has 1 fully saturated rings. The molecule has 3 aromatic rings. The summed E-state index contributed by atoms with van der Waals surface area (Å²) in [7, 11) is 0. The zero-order valence-electron chi connectivity index (χ0n) is 13.3. The molecular formula is C21H18N2O. The summed E-state index contributed by atoms with van der Waals surface area (Å²) in [5.41, 5.74) is 2.88. The molecule has 118 valence electrons. The van der Waals surface area contributed by atoms with Crippen LogP contribution in [0.15, 0.2) is 66.7 Å². The highest BCUT2D eigenvalue weighted by molar-refractivity contribution is 6.02. The fraction of sp³-hybridized carbons (Fsp3) is 0.190. The van der Waals surface area contributed by atoms with E-state index in [9.17, 15) is 4.79 Å². The highest BCUT2D eigenvalue weighted by Crippen LogP contribution is 2.42. The number of amides is 1. The molecular weight excluding hydrogens is 296 g/mol. The summed E-state index contributed by atoms with van der Waals surface area (Å²) in [5.74, 6) is 0.143. The van der Waals surface area contributed by atoms with Crippen LogP contribution in [0.5, 0.6) is 0 Å². The average Bonchev–Trinajstić information content (AvgIpc) is 3.46. The van der Waals surface area contributed by atoms with Crippen molar-refractivity contribution in [1.29, 1.82) is 0 Å². The van der Waals surface area contributed by atoms with E-state index in [2.05, 4.69) is 47.8 Å². The number of fused-ring (bicyclic) bond motifs is 2. The molecule has 1 aliphatic heterocycles. The Morgan fingerprint density at radius 1 is 0.875 bits per heavy atom. The lowest BCUT2D eigenvalue weighted by molar-refractivity contribution is 0.0667. The van der Waals surface area contributed by atoms with Gasteiger partial charge in [0, 0.05) is 17.3 Å². The number of carbonyl (C=O) groups excluding carboxylic acids is 1. The van der Waals surface area contributed by atoms with Crippen molar-refractivity contribution < 1.29 is 4.79 Å². The SMILES string of the molecule is O=C1c2ccccc2N[C@@H](c2cccc3ccccc23)N1C1CC1. The minimum atomic E-state index is -0.106. The highest BCUT2D eigenvalue weighted by Gasteiger charge is 2.42. The largest absolute Gasteiger partial charge is 0.361 e. The van der Waals surface area contributed by atoms with Crippen molar-refractivity contribution in [2.45, 2.75) is 25.0 Å². The number of hydrogen-bond acceptors (Lipinski definition) is 2. The van der Waals surface area contributed by atoms with Gasteiger partial charge in [-0.25, -0.2) is 0 Å². The fourth-order valence-electron chi connectivity index (χ4n) is 3.71. The van der Waals surface area contributed by atoms with E-state index < -0.39 is 0 Å². The molecule has 0 bridgehead atoms. The van der Waals surface area contributed by atoms with Gasteiger partial charge in [0.1, 0.15) is 6.17 Å². The Balaban J connectivity index is 1.70. The van der Waals surface area contributed by atoms with Crippen LogP contribution in [-0.2, 0) is 0 Å². The third kappa shape index (κ3) is 2.01. The van der Waals surface area contributed by atoms with Gasteiger partial charge in [-0.15, -0.1) is 0 Å². The first kappa shape index (κ1) is 13.6. The molecule has 0 radical (unpaired) electrons. The Hall–Kier alpha value is -2.81. The van der Waals surface area contributed by atoms with E-state index in [1.54, 1.807) is 0 Å². The number of carbonyl (C=O) groups is 1. The zero-order valence-corrected chi connectivity index (χ0v) is 13.3. The number of benzene rings is 3. The molecule has 3 aromatic carbocycles. The van der Waals surface area contributed by atoms with Gasteiger partial charge in [0.25, 0.3) is 5.91 Å². The van der Waals surface area contributed by atoms with Crippen LogP contribution in [0.3, 0.4) is 0 Å². The van der Waals surface area contributed by atoms with Crippen LogP contribution in [-0.4, -0.2) is 16.8 Å². The first-order valence-corrected chi connectivity index (χ1v) is 8.49. The number of rotatable bonds is 2. The van der Waals surface area contributed by atoms with Gasteiger partial charge >= 0.3 is 0 Å². The van der Waals surface area contributed by atoms with Gasteiger partial charge in [-0.3, -0.25) is 4.79 Å². The molecule has 0 unspecified atom stereocenters. The molecule has 1 N–H and O–H groups in total. The second-order valence-electron chi connectivity index (χ2n) is 6.60. The molecule has 0 spiro atoms. The van der Waals surface area contributed by atoms with Crippen molar-refractivity contribution in [3.8, 4) is 0 Å². The first-order chi connectivity index (χ1) is 11.8. The van der Waals surface area contributed by atoms with E-state index in [1.165, 1.54) is 16.3 Å². The third-order valence-electron chi connectivity index (χ3n) is 5.02. The van der Waals surface area contributed by atoms with Gasteiger partial charge in [-0.05, 0) is 35.7 Å². The van der Waals surface area contributed by atoms with Crippen molar-refractivity contribution in [2.24, 2.45) is 0 Å². The topological polar surface area (TPSA) is 32.3 Å². The second-order valence-corrected chi connectivity index (χ2v) is 6.60. The molecule has 3 nitrogen and oxygen atoms in total. The van der Waals surface area contributed by atoms with Gasteiger partial charge in [-0.1, -0.05) is 54.6 Å². The molecule has 1 heterocycles. The van der Waals surface area contributed by atoms with Gasteiger partial charge < -0.3 is 10.2 Å². The van der Waals surface area contributed by atoms with Crippen molar-refractivity contribution in [3.63, 3.8) is 0 Å². The van der Waals surface area contributed by atoms with E-state index >= 15 is 0 Å². The van der Waals surface area contributed by atoms with E-state index in [0.717, 1.165) is 24.1 Å². The van der Waals surface area contributed by atoms with Gasteiger partial charge in [0.05, 0.1) is 5.56 Å². The fourth-order valence-corrected chi connectivity index (χ4v) is 3.71. The Kier molecular flexibility index (Phi) is 2.89. The Morgan fingerprint density at radius 3 is 2.50 bits per heavy atom. The molecule has 1 saturated carbocycles. The monoisotopic (exact) mass is 314 g/mol. The summed E-state index contributed by atoms with van der Waals surface area (Å²) >= 11 is 0. The maximum absolute atomic E-state index is 13.1. The van der Waals surface area contributed by atoms with Crippen LogP contribution in [0.2, 0.25) is 0 Å². The lowest BCUT2D eigenvalue weighted by Crippen LogP contribution is -2.44. The van der Waals surface area contributed by atoms with E-state index in [1.807, 2.05) is 29.2 Å². The Bertz CT molecular complexity index is 940. The molecule has 5 rings (SSSR count). The number of hydrogen-bond donors (Lipinski definition) is 1. The molecule has 3 heteroatoms. The number of anilines is 1. The Morgan fingerprint density at radius 2 is 1.62 bits per heavy atom. The quantitative estimate of drug-likeness (QED) is 0.751.